The Kier molecular flexibility index (Phi) is 2.82. The number of carbonyl (C=O) groups is 1. The zero-order valence-corrected chi connectivity index (χ0v) is 11.8. The van der Waals surface area contributed by atoms with Crippen molar-refractivity contribution >= 4 is 28.5 Å². The van der Waals surface area contributed by atoms with Gasteiger partial charge in [-0.15, -0.1) is 0 Å². The van der Waals surface area contributed by atoms with Crippen molar-refractivity contribution < 1.29 is 9.90 Å². The molecule has 0 amide bonds. The highest BCUT2D eigenvalue weighted by Crippen LogP contribution is 2.40. The first kappa shape index (κ1) is 12.5. The molecule has 0 radical (unpaired) electrons. The Morgan fingerprint density at radius 2 is 2.21 bits per heavy atom. The SMILES string of the molecule is Cc1c(Cl)ccc2c3c(n(C)c12)CCCC3C(=O)O. The van der Waals surface area contributed by atoms with Crippen molar-refractivity contribution in [1.29, 1.82) is 0 Å². The predicted octanol–water partition coefficient (Wildman–Crippen LogP) is 3.64. The van der Waals surface area contributed by atoms with E-state index in [1.807, 2.05) is 26.1 Å². The van der Waals surface area contributed by atoms with Crippen LogP contribution in [-0.4, -0.2) is 15.6 Å². The van der Waals surface area contributed by atoms with Crippen molar-refractivity contribution in [3.8, 4) is 0 Å². The van der Waals surface area contributed by atoms with Gasteiger partial charge in [-0.1, -0.05) is 17.7 Å². The Bertz CT molecular complexity index is 687. The summed E-state index contributed by atoms with van der Waals surface area (Å²) in [5.74, 6) is -1.10. The summed E-state index contributed by atoms with van der Waals surface area (Å²) in [6.45, 7) is 1.99. The predicted molar refractivity (Wildman–Crippen MR) is 76.0 cm³/mol. The van der Waals surface area contributed by atoms with Gasteiger partial charge < -0.3 is 9.67 Å². The molecule has 1 aromatic carbocycles. The number of fused-ring (bicyclic) bond motifs is 3. The first-order chi connectivity index (χ1) is 9.02. The molecule has 1 atom stereocenters. The van der Waals surface area contributed by atoms with Crippen LogP contribution in [0.2, 0.25) is 5.02 Å². The summed E-state index contributed by atoms with van der Waals surface area (Å²) in [6.07, 6.45) is 2.60. The quantitative estimate of drug-likeness (QED) is 0.865. The second kappa shape index (κ2) is 4.27. The van der Waals surface area contributed by atoms with E-state index in [2.05, 4.69) is 4.57 Å². The van der Waals surface area contributed by atoms with Gasteiger partial charge in [-0.2, -0.15) is 0 Å². The van der Waals surface area contributed by atoms with Gasteiger partial charge >= 0.3 is 5.97 Å². The van der Waals surface area contributed by atoms with Gasteiger partial charge in [-0.05, 0) is 43.4 Å². The van der Waals surface area contributed by atoms with Crippen molar-refractivity contribution in [3.05, 3.63) is 34.0 Å². The first-order valence-electron chi connectivity index (χ1n) is 6.51. The zero-order chi connectivity index (χ0) is 13.7. The van der Waals surface area contributed by atoms with E-state index in [0.717, 1.165) is 52.0 Å². The maximum Gasteiger partial charge on any atom is 0.311 e. The molecule has 100 valence electrons. The minimum Gasteiger partial charge on any atom is -0.481 e. The summed E-state index contributed by atoms with van der Waals surface area (Å²) < 4.78 is 2.13. The van der Waals surface area contributed by atoms with Crippen LogP contribution >= 0.6 is 11.6 Å². The van der Waals surface area contributed by atoms with Crippen LogP contribution in [0.1, 0.15) is 35.6 Å². The van der Waals surface area contributed by atoms with Crippen LogP contribution in [0.15, 0.2) is 12.1 Å². The molecule has 1 N–H and O–H groups in total. The highest BCUT2D eigenvalue weighted by atomic mass is 35.5. The molecule has 0 bridgehead atoms. The van der Waals surface area contributed by atoms with Crippen molar-refractivity contribution in [2.75, 3.05) is 0 Å². The normalized spacial score (nSPS) is 18.6. The average molecular weight is 278 g/mol. The molecule has 0 aliphatic heterocycles. The van der Waals surface area contributed by atoms with E-state index in [0.29, 0.717) is 0 Å². The number of aliphatic carboxylic acids is 1. The Labute approximate surface area is 116 Å². The Balaban J connectivity index is 2.40. The molecule has 19 heavy (non-hydrogen) atoms. The van der Waals surface area contributed by atoms with Crippen LogP contribution in [0.25, 0.3) is 10.9 Å². The number of aromatic nitrogens is 1. The van der Waals surface area contributed by atoms with Crippen LogP contribution in [0.3, 0.4) is 0 Å². The minimum absolute atomic E-state index is 0.381. The Morgan fingerprint density at radius 1 is 1.47 bits per heavy atom. The molecule has 0 fully saturated rings. The van der Waals surface area contributed by atoms with Gasteiger partial charge in [0, 0.05) is 23.2 Å². The average Bonchev–Trinajstić information content (AvgIpc) is 2.68. The highest BCUT2D eigenvalue weighted by molar-refractivity contribution is 6.32. The summed E-state index contributed by atoms with van der Waals surface area (Å²) in [4.78, 5) is 11.5. The molecule has 3 rings (SSSR count). The largest absolute Gasteiger partial charge is 0.481 e. The van der Waals surface area contributed by atoms with Gasteiger partial charge in [0.15, 0.2) is 0 Å². The van der Waals surface area contributed by atoms with Crippen LogP contribution in [0.5, 0.6) is 0 Å². The lowest BCUT2D eigenvalue weighted by Crippen LogP contribution is -2.18. The fraction of sp³-hybridized carbons (Fsp3) is 0.400. The Morgan fingerprint density at radius 3 is 2.89 bits per heavy atom. The van der Waals surface area contributed by atoms with Crippen LogP contribution in [0.4, 0.5) is 0 Å². The van der Waals surface area contributed by atoms with Gasteiger partial charge in [0.1, 0.15) is 0 Å². The first-order valence-corrected chi connectivity index (χ1v) is 6.89. The lowest BCUT2D eigenvalue weighted by Gasteiger charge is -2.20. The molecule has 0 spiro atoms. The number of nitrogens with zero attached hydrogens (tertiary/aromatic N) is 1. The molecule has 0 saturated carbocycles. The molecule has 1 unspecified atom stereocenters. The second-order valence-electron chi connectivity index (χ2n) is 5.27. The maximum absolute atomic E-state index is 11.5. The van der Waals surface area contributed by atoms with Crippen molar-refractivity contribution in [2.24, 2.45) is 7.05 Å². The fourth-order valence-electron chi connectivity index (χ4n) is 3.35. The lowest BCUT2D eigenvalue weighted by molar-refractivity contribution is -0.139. The number of carboxylic acid groups (broad SMARTS) is 1. The third-order valence-corrected chi connectivity index (χ3v) is 4.67. The number of carboxylic acids is 1. The molecule has 3 nitrogen and oxygen atoms in total. The number of benzene rings is 1. The molecule has 4 heteroatoms. The smallest absolute Gasteiger partial charge is 0.311 e. The van der Waals surface area contributed by atoms with E-state index in [-0.39, 0.29) is 5.92 Å². The third-order valence-electron chi connectivity index (χ3n) is 4.26. The number of aryl methyl sites for hydroxylation is 2. The van der Waals surface area contributed by atoms with Crippen LogP contribution in [0, 0.1) is 6.92 Å². The number of hydrogen-bond acceptors (Lipinski definition) is 1. The van der Waals surface area contributed by atoms with E-state index in [1.165, 1.54) is 0 Å². The Hall–Kier alpha value is -1.48. The fourth-order valence-corrected chi connectivity index (χ4v) is 3.50. The molecular formula is C15H16ClNO2. The highest BCUT2D eigenvalue weighted by Gasteiger charge is 2.31. The van der Waals surface area contributed by atoms with Gasteiger partial charge in [-0.3, -0.25) is 4.79 Å². The molecule has 1 aromatic heterocycles. The summed E-state index contributed by atoms with van der Waals surface area (Å²) >= 11 is 6.19. The number of hydrogen-bond donors (Lipinski definition) is 1. The minimum atomic E-state index is -0.721. The maximum atomic E-state index is 11.5. The van der Waals surface area contributed by atoms with E-state index in [1.54, 1.807) is 0 Å². The van der Waals surface area contributed by atoms with Crippen molar-refractivity contribution in [3.63, 3.8) is 0 Å². The number of halogens is 1. The van der Waals surface area contributed by atoms with E-state index in [4.69, 9.17) is 11.6 Å². The van der Waals surface area contributed by atoms with Gasteiger partial charge in [0.05, 0.1) is 11.4 Å². The molecule has 0 saturated heterocycles. The standard InChI is InChI=1S/C15H16ClNO2/c1-8-11(16)7-6-9-13-10(15(18)19)4-3-5-12(13)17(2)14(8)9/h6-7,10H,3-5H2,1-2H3,(H,18,19). The lowest BCUT2D eigenvalue weighted by atomic mass is 9.85. The molecular weight excluding hydrogens is 262 g/mol. The summed E-state index contributed by atoms with van der Waals surface area (Å²) in [6, 6.07) is 3.83. The van der Waals surface area contributed by atoms with Crippen LogP contribution in [-0.2, 0) is 18.3 Å². The molecule has 1 aliphatic rings. The number of rotatable bonds is 1. The third kappa shape index (κ3) is 1.68. The van der Waals surface area contributed by atoms with Crippen molar-refractivity contribution in [2.45, 2.75) is 32.1 Å². The summed E-state index contributed by atoms with van der Waals surface area (Å²) in [5.41, 5.74) is 4.25. The van der Waals surface area contributed by atoms with Crippen molar-refractivity contribution in [1.82, 2.24) is 4.57 Å². The monoisotopic (exact) mass is 277 g/mol. The van der Waals surface area contributed by atoms with Gasteiger partial charge in [0.25, 0.3) is 0 Å². The van der Waals surface area contributed by atoms with E-state index < -0.39 is 5.97 Å². The van der Waals surface area contributed by atoms with Gasteiger partial charge in [0.2, 0.25) is 0 Å². The summed E-state index contributed by atoms with van der Waals surface area (Å²) in [7, 11) is 2.01. The van der Waals surface area contributed by atoms with E-state index >= 15 is 0 Å². The van der Waals surface area contributed by atoms with Gasteiger partial charge in [-0.25, -0.2) is 0 Å². The topological polar surface area (TPSA) is 42.2 Å². The molecule has 1 aliphatic carbocycles. The molecule has 1 heterocycles. The summed E-state index contributed by atoms with van der Waals surface area (Å²) in [5, 5.41) is 11.2. The molecule has 2 aromatic rings. The zero-order valence-electron chi connectivity index (χ0n) is 11.0. The van der Waals surface area contributed by atoms with E-state index in [9.17, 15) is 9.90 Å². The van der Waals surface area contributed by atoms with Crippen LogP contribution < -0.4 is 0 Å². The second-order valence-corrected chi connectivity index (χ2v) is 5.68.